The minimum Gasteiger partial charge on any atom is -0.329 e. The predicted octanol–water partition coefficient (Wildman–Crippen LogP) is 3.26. The van der Waals surface area contributed by atoms with Crippen LogP contribution in [0.15, 0.2) is 0 Å². The normalized spacial score (nSPS) is 35.8. The average molecular weight is 252 g/mol. The number of nitrogens with two attached hydrogens (primary N) is 1. The second kappa shape index (κ2) is 6.91. The Kier molecular flexibility index (Phi) is 5.50. The molecule has 0 bridgehead atoms. The van der Waals surface area contributed by atoms with Crippen LogP contribution in [-0.4, -0.2) is 30.6 Å². The van der Waals surface area contributed by atoms with Crippen molar-refractivity contribution in [3.63, 3.8) is 0 Å². The van der Waals surface area contributed by atoms with E-state index in [2.05, 4.69) is 18.7 Å². The molecule has 0 radical (unpaired) electrons. The number of rotatable bonds is 4. The summed E-state index contributed by atoms with van der Waals surface area (Å²) in [7, 11) is 0. The van der Waals surface area contributed by atoms with E-state index < -0.39 is 0 Å². The molecular formula is C16H32N2. The van der Waals surface area contributed by atoms with Crippen molar-refractivity contribution < 1.29 is 0 Å². The SMILES string of the molecule is CC1CC(C)C(CN)N(CCC2CCCCC2)C1. The van der Waals surface area contributed by atoms with Gasteiger partial charge in [0.25, 0.3) is 0 Å². The van der Waals surface area contributed by atoms with Gasteiger partial charge >= 0.3 is 0 Å². The third kappa shape index (κ3) is 3.71. The van der Waals surface area contributed by atoms with Crippen LogP contribution in [0.25, 0.3) is 0 Å². The lowest BCUT2D eigenvalue weighted by atomic mass is 9.83. The summed E-state index contributed by atoms with van der Waals surface area (Å²) < 4.78 is 0. The molecule has 18 heavy (non-hydrogen) atoms. The summed E-state index contributed by atoms with van der Waals surface area (Å²) in [4.78, 5) is 2.70. The quantitative estimate of drug-likeness (QED) is 0.832. The zero-order valence-electron chi connectivity index (χ0n) is 12.4. The van der Waals surface area contributed by atoms with Gasteiger partial charge in [-0.25, -0.2) is 0 Å². The first-order valence-corrected chi connectivity index (χ1v) is 8.14. The van der Waals surface area contributed by atoms with Crippen LogP contribution < -0.4 is 5.73 Å². The molecule has 1 saturated carbocycles. The molecule has 0 amide bonds. The Morgan fingerprint density at radius 2 is 1.83 bits per heavy atom. The molecule has 3 atom stereocenters. The van der Waals surface area contributed by atoms with Crippen LogP contribution in [0, 0.1) is 17.8 Å². The van der Waals surface area contributed by atoms with Crippen LogP contribution in [0.3, 0.4) is 0 Å². The number of hydrogen-bond donors (Lipinski definition) is 1. The summed E-state index contributed by atoms with van der Waals surface area (Å²) in [6.45, 7) is 8.20. The molecule has 0 aromatic carbocycles. The smallest absolute Gasteiger partial charge is 0.0244 e. The molecule has 1 aliphatic heterocycles. The highest BCUT2D eigenvalue weighted by Crippen LogP contribution is 2.30. The zero-order valence-corrected chi connectivity index (χ0v) is 12.4. The standard InChI is InChI=1S/C16H32N2/c1-13-10-14(2)16(11-17)18(12-13)9-8-15-6-4-3-5-7-15/h13-16H,3-12,17H2,1-2H3. The lowest BCUT2D eigenvalue weighted by Gasteiger charge is -2.43. The van der Waals surface area contributed by atoms with Crippen LogP contribution in [-0.2, 0) is 0 Å². The Morgan fingerprint density at radius 1 is 1.11 bits per heavy atom. The molecule has 0 aromatic heterocycles. The molecule has 2 aliphatic rings. The van der Waals surface area contributed by atoms with Gasteiger partial charge in [-0.15, -0.1) is 0 Å². The highest BCUT2D eigenvalue weighted by molar-refractivity contribution is 4.86. The molecule has 2 rings (SSSR count). The van der Waals surface area contributed by atoms with Gasteiger partial charge in [0.05, 0.1) is 0 Å². The van der Waals surface area contributed by atoms with E-state index in [0.717, 1.165) is 24.3 Å². The number of hydrogen-bond acceptors (Lipinski definition) is 2. The Hall–Kier alpha value is -0.0800. The summed E-state index contributed by atoms with van der Waals surface area (Å²) in [5.74, 6) is 2.64. The van der Waals surface area contributed by atoms with Gasteiger partial charge in [-0.3, -0.25) is 4.90 Å². The molecule has 2 nitrogen and oxygen atoms in total. The molecule has 1 aliphatic carbocycles. The van der Waals surface area contributed by atoms with Crippen LogP contribution in [0.5, 0.6) is 0 Å². The van der Waals surface area contributed by atoms with Gasteiger partial charge in [-0.1, -0.05) is 46.0 Å². The maximum atomic E-state index is 6.00. The maximum absolute atomic E-state index is 6.00. The third-order valence-electron chi connectivity index (χ3n) is 5.24. The molecule has 1 heterocycles. The Bertz CT molecular complexity index is 235. The number of piperidine rings is 1. The second-order valence-electron chi connectivity index (χ2n) is 6.91. The fourth-order valence-corrected chi connectivity index (χ4v) is 4.22. The molecule has 2 N–H and O–H groups in total. The van der Waals surface area contributed by atoms with Crippen molar-refractivity contribution in [2.24, 2.45) is 23.5 Å². The van der Waals surface area contributed by atoms with Crippen molar-refractivity contribution in [2.75, 3.05) is 19.6 Å². The van der Waals surface area contributed by atoms with Crippen molar-refractivity contribution in [1.82, 2.24) is 4.90 Å². The molecular weight excluding hydrogens is 220 g/mol. The van der Waals surface area contributed by atoms with Crippen LogP contribution >= 0.6 is 0 Å². The molecule has 106 valence electrons. The van der Waals surface area contributed by atoms with Gasteiger partial charge in [-0.2, -0.15) is 0 Å². The number of nitrogens with zero attached hydrogens (tertiary/aromatic N) is 1. The Morgan fingerprint density at radius 3 is 2.50 bits per heavy atom. The minimum atomic E-state index is 0.643. The van der Waals surface area contributed by atoms with Crippen molar-refractivity contribution in [3.05, 3.63) is 0 Å². The van der Waals surface area contributed by atoms with Gasteiger partial charge in [-0.05, 0) is 37.1 Å². The van der Waals surface area contributed by atoms with Crippen molar-refractivity contribution in [2.45, 2.75) is 64.8 Å². The Balaban J connectivity index is 1.81. The molecule has 0 aromatic rings. The van der Waals surface area contributed by atoms with E-state index in [1.165, 1.54) is 58.0 Å². The van der Waals surface area contributed by atoms with E-state index in [4.69, 9.17) is 5.73 Å². The van der Waals surface area contributed by atoms with Gasteiger partial charge in [0.15, 0.2) is 0 Å². The zero-order chi connectivity index (χ0) is 13.0. The van der Waals surface area contributed by atoms with Gasteiger partial charge in [0, 0.05) is 19.1 Å². The summed E-state index contributed by atoms with van der Waals surface area (Å²) >= 11 is 0. The molecule has 2 fully saturated rings. The van der Waals surface area contributed by atoms with E-state index in [1.54, 1.807) is 0 Å². The van der Waals surface area contributed by atoms with Crippen molar-refractivity contribution in [1.29, 1.82) is 0 Å². The van der Waals surface area contributed by atoms with E-state index in [1.807, 2.05) is 0 Å². The van der Waals surface area contributed by atoms with Gasteiger partial charge < -0.3 is 5.73 Å². The minimum absolute atomic E-state index is 0.643. The molecule has 2 heteroatoms. The Labute approximate surface area is 113 Å². The summed E-state index contributed by atoms with van der Waals surface area (Å²) in [6, 6.07) is 0.643. The average Bonchev–Trinajstić information content (AvgIpc) is 2.37. The summed E-state index contributed by atoms with van der Waals surface area (Å²) in [5.41, 5.74) is 6.00. The lowest BCUT2D eigenvalue weighted by Crippen LogP contribution is -2.51. The highest BCUT2D eigenvalue weighted by Gasteiger charge is 2.31. The lowest BCUT2D eigenvalue weighted by molar-refractivity contribution is 0.0662. The first kappa shape index (κ1) is 14.3. The van der Waals surface area contributed by atoms with Crippen LogP contribution in [0.4, 0.5) is 0 Å². The van der Waals surface area contributed by atoms with Gasteiger partial charge in [0.1, 0.15) is 0 Å². The molecule has 3 unspecified atom stereocenters. The van der Waals surface area contributed by atoms with Crippen LogP contribution in [0.1, 0.15) is 58.8 Å². The highest BCUT2D eigenvalue weighted by atomic mass is 15.2. The topological polar surface area (TPSA) is 29.3 Å². The first-order valence-electron chi connectivity index (χ1n) is 8.14. The van der Waals surface area contributed by atoms with Crippen molar-refractivity contribution in [3.8, 4) is 0 Å². The fraction of sp³-hybridized carbons (Fsp3) is 1.00. The first-order chi connectivity index (χ1) is 8.70. The maximum Gasteiger partial charge on any atom is 0.0244 e. The van der Waals surface area contributed by atoms with E-state index in [-0.39, 0.29) is 0 Å². The van der Waals surface area contributed by atoms with Crippen LogP contribution in [0.2, 0.25) is 0 Å². The van der Waals surface area contributed by atoms with Gasteiger partial charge in [0.2, 0.25) is 0 Å². The predicted molar refractivity (Wildman–Crippen MR) is 78.6 cm³/mol. The van der Waals surface area contributed by atoms with E-state index in [9.17, 15) is 0 Å². The summed E-state index contributed by atoms with van der Waals surface area (Å²) in [5, 5.41) is 0. The van der Waals surface area contributed by atoms with Crippen molar-refractivity contribution >= 4 is 0 Å². The largest absolute Gasteiger partial charge is 0.329 e. The fourth-order valence-electron chi connectivity index (χ4n) is 4.22. The third-order valence-corrected chi connectivity index (χ3v) is 5.24. The number of likely N-dealkylation sites (tertiary alicyclic amines) is 1. The molecule has 1 saturated heterocycles. The second-order valence-corrected chi connectivity index (χ2v) is 6.91. The monoisotopic (exact) mass is 252 g/mol. The van der Waals surface area contributed by atoms with E-state index in [0.29, 0.717) is 6.04 Å². The molecule has 0 spiro atoms. The van der Waals surface area contributed by atoms with E-state index >= 15 is 0 Å². The summed E-state index contributed by atoms with van der Waals surface area (Å²) in [6.07, 6.45) is 10.1.